The Kier molecular flexibility index (Phi) is 6.89. The van der Waals surface area contributed by atoms with Gasteiger partial charge in [-0.25, -0.2) is 0 Å². The minimum atomic E-state index is -0.438. The maximum atomic E-state index is 11.8. The zero-order valence-corrected chi connectivity index (χ0v) is 14.7. The predicted octanol–water partition coefficient (Wildman–Crippen LogP) is 3.51. The average Bonchev–Trinajstić information content (AvgIpc) is 2.94. The third-order valence-electron chi connectivity index (χ3n) is 4.76. The first kappa shape index (κ1) is 19.0. The minimum absolute atomic E-state index is 0. The summed E-state index contributed by atoms with van der Waals surface area (Å²) in [6, 6.07) is 8.52. The van der Waals surface area contributed by atoms with Gasteiger partial charge in [0.2, 0.25) is 5.91 Å². The molecule has 1 saturated carbocycles. The zero-order chi connectivity index (χ0) is 15.5. The van der Waals surface area contributed by atoms with Crippen molar-refractivity contribution in [2.45, 2.75) is 63.8 Å². The molecule has 2 rings (SSSR count). The lowest BCUT2D eigenvalue weighted by molar-refractivity contribution is -0.122. The van der Waals surface area contributed by atoms with Crippen LogP contribution < -0.4 is 11.1 Å². The molecule has 0 unspecified atom stereocenters. The largest absolute Gasteiger partial charge is 0.354 e. The highest BCUT2D eigenvalue weighted by Crippen LogP contribution is 2.41. The molecule has 1 amide bonds. The van der Waals surface area contributed by atoms with Crippen molar-refractivity contribution >= 4 is 18.3 Å². The fraction of sp³-hybridized carbons (Fsp3) is 0.611. The lowest BCUT2D eigenvalue weighted by atomic mass is 9.78. The van der Waals surface area contributed by atoms with Crippen molar-refractivity contribution in [3.05, 3.63) is 35.4 Å². The van der Waals surface area contributed by atoms with Crippen molar-refractivity contribution in [2.24, 2.45) is 5.73 Å². The predicted molar refractivity (Wildman–Crippen MR) is 94.6 cm³/mol. The molecule has 0 heterocycles. The normalized spacial score (nSPS) is 17.9. The summed E-state index contributed by atoms with van der Waals surface area (Å²) in [5, 5.41) is 3.04. The van der Waals surface area contributed by atoms with Gasteiger partial charge in [-0.05, 0) is 36.8 Å². The molecular formula is C18H29ClN2O. The number of nitrogens with two attached hydrogens (primary N) is 1. The first-order valence-corrected chi connectivity index (χ1v) is 8.08. The molecule has 124 valence electrons. The Bertz CT molecular complexity index is 476. The van der Waals surface area contributed by atoms with Gasteiger partial charge in [0.05, 0.1) is 6.04 Å². The van der Waals surface area contributed by atoms with E-state index in [2.05, 4.69) is 43.4 Å². The number of hydrogen-bond donors (Lipinski definition) is 2. The number of nitrogens with one attached hydrogen (secondary N) is 1. The molecule has 4 heteroatoms. The molecule has 0 spiro atoms. The molecule has 22 heavy (non-hydrogen) atoms. The quantitative estimate of drug-likeness (QED) is 0.870. The Morgan fingerprint density at radius 3 is 2.18 bits per heavy atom. The molecule has 1 aromatic rings. The van der Waals surface area contributed by atoms with Crippen LogP contribution in [0.2, 0.25) is 0 Å². The maximum absolute atomic E-state index is 11.8. The lowest BCUT2D eigenvalue weighted by Gasteiger charge is -2.30. The molecule has 1 aliphatic rings. The standard InChI is InChI=1S/C18H28N2O.ClH/c1-13(2)15-6-8-16(9-7-15)18(10-4-5-11-18)12-20-17(21)14(3)19;/h6-9,13-14H,4-5,10-12,19H2,1-3H3,(H,20,21);1H/t14-;/m1./s1. The average molecular weight is 325 g/mol. The van der Waals surface area contributed by atoms with E-state index in [1.807, 2.05) is 0 Å². The summed E-state index contributed by atoms with van der Waals surface area (Å²) in [5.41, 5.74) is 8.46. The highest BCUT2D eigenvalue weighted by Gasteiger charge is 2.36. The van der Waals surface area contributed by atoms with Crippen molar-refractivity contribution in [3.8, 4) is 0 Å². The first-order chi connectivity index (χ1) is 9.94. The van der Waals surface area contributed by atoms with E-state index in [1.54, 1.807) is 6.92 Å². The van der Waals surface area contributed by atoms with Crippen LogP contribution in [0.5, 0.6) is 0 Å². The van der Waals surface area contributed by atoms with Gasteiger partial charge >= 0.3 is 0 Å². The number of benzene rings is 1. The topological polar surface area (TPSA) is 55.1 Å². The zero-order valence-electron chi connectivity index (χ0n) is 13.9. The smallest absolute Gasteiger partial charge is 0.236 e. The molecule has 1 aliphatic carbocycles. The summed E-state index contributed by atoms with van der Waals surface area (Å²) in [6.45, 7) is 6.86. The Hall–Kier alpha value is -1.06. The summed E-state index contributed by atoms with van der Waals surface area (Å²) in [7, 11) is 0. The summed E-state index contributed by atoms with van der Waals surface area (Å²) in [4.78, 5) is 11.8. The number of halogens is 1. The van der Waals surface area contributed by atoms with Crippen LogP contribution in [0.3, 0.4) is 0 Å². The van der Waals surface area contributed by atoms with Gasteiger partial charge in [-0.2, -0.15) is 0 Å². The van der Waals surface area contributed by atoms with Crippen molar-refractivity contribution in [3.63, 3.8) is 0 Å². The van der Waals surface area contributed by atoms with Crippen LogP contribution >= 0.6 is 12.4 Å². The van der Waals surface area contributed by atoms with E-state index in [0.717, 1.165) is 12.8 Å². The van der Waals surface area contributed by atoms with Gasteiger partial charge in [0.1, 0.15) is 0 Å². The van der Waals surface area contributed by atoms with Crippen LogP contribution in [-0.4, -0.2) is 18.5 Å². The van der Waals surface area contributed by atoms with Crippen molar-refractivity contribution in [1.82, 2.24) is 5.32 Å². The van der Waals surface area contributed by atoms with Crippen LogP contribution in [0, 0.1) is 0 Å². The van der Waals surface area contributed by atoms with E-state index < -0.39 is 6.04 Å². The molecule has 0 bridgehead atoms. The SMILES string of the molecule is CC(C)c1ccc(C2(CNC(=O)[C@@H](C)N)CCCC2)cc1.Cl. The minimum Gasteiger partial charge on any atom is -0.354 e. The van der Waals surface area contributed by atoms with E-state index in [-0.39, 0.29) is 23.7 Å². The van der Waals surface area contributed by atoms with Crippen LogP contribution in [-0.2, 0) is 10.2 Å². The van der Waals surface area contributed by atoms with Crippen molar-refractivity contribution in [2.75, 3.05) is 6.54 Å². The molecule has 0 saturated heterocycles. The molecule has 0 aliphatic heterocycles. The number of carbonyl (C=O) groups excluding carboxylic acids is 1. The second-order valence-corrected chi connectivity index (χ2v) is 6.77. The lowest BCUT2D eigenvalue weighted by Crippen LogP contribution is -2.45. The van der Waals surface area contributed by atoms with Gasteiger partial charge in [-0.3, -0.25) is 4.79 Å². The number of amides is 1. The Labute approximate surface area is 140 Å². The van der Waals surface area contributed by atoms with Gasteiger partial charge in [0, 0.05) is 12.0 Å². The van der Waals surface area contributed by atoms with Crippen LogP contribution in [0.4, 0.5) is 0 Å². The van der Waals surface area contributed by atoms with E-state index in [1.165, 1.54) is 24.0 Å². The van der Waals surface area contributed by atoms with E-state index >= 15 is 0 Å². The molecule has 0 aromatic heterocycles. The highest BCUT2D eigenvalue weighted by atomic mass is 35.5. The van der Waals surface area contributed by atoms with Crippen molar-refractivity contribution in [1.29, 1.82) is 0 Å². The molecule has 1 fully saturated rings. The fourth-order valence-corrected chi connectivity index (χ4v) is 3.26. The number of rotatable bonds is 5. The molecular weight excluding hydrogens is 296 g/mol. The van der Waals surface area contributed by atoms with Crippen LogP contribution in [0.15, 0.2) is 24.3 Å². The third kappa shape index (κ3) is 4.23. The maximum Gasteiger partial charge on any atom is 0.236 e. The first-order valence-electron chi connectivity index (χ1n) is 8.08. The molecule has 1 aromatic carbocycles. The second-order valence-electron chi connectivity index (χ2n) is 6.77. The number of hydrogen-bond acceptors (Lipinski definition) is 2. The highest BCUT2D eigenvalue weighted by molar-refractivity contribution is 5.85. The summed E-state index contributed by atoms with van der Waals surface area (Å²) in [6.07, 6.45) is 4.76. The van der Waals surface area contributed by atoms with Crippen molar-refractivity contribution < 1.29 is 4.79 Å². The summed E-state index contributed by atoms with van der Waals surface area (Å²) >= 11 is 0. The van der Waals surface area contributed by atoms with E-state index in [9.17, 15) is 4.79 Å². The van der Waals surface area contributed by atoms with Gasteiger partial charge in [0.15, 0.2) is 0 Å². The van der Waals surface area contributed by atoms with E-state index in [4.69, 9.17) is 5.73 Å². The summed E-state index contributed by atoms with van der Waals surface area (Å²) < 4.78 is 0. The monoisotopic (exact) mass is 324 g/mol. The Morgan fingerprint density at radius 1 is 1.18 bits per heavy atom. The number of carbonyl (C=O) groups is 1. The third-order valence-corrected chi connectivity index (χ3v) is 4.76. The second kappa shape index (κ2) is 7.98. The Balaban J connectivity index is 0.00000242. The molecule has 3 N–H and O–H groups in total. The summed E-state index contributed by atoms with van der Waals surface area (Å²) in [5.74, 6) is 0.497. The van der Waals surface area contributed by atoms with Gasteiger partial charge in [-0.1, -0.05) is 51.0 Å². The fourth-order valence-electron chi connectivity index (χ4n) is 3.26. The van der Waals surface area contributed by atoms with Crippen LogP contribution in [0.25, 0.3) is 0 Å². The van der Waals surface area contributed by atoms with E-state index in [0.29, 0.717) is 12.5 Å². The Morgan fingerprint density at radius 2 is 1.73 bits per heavy atom. The van der Waals surface area contributed by atoms with Gasteiger partial charge in [-0.15, -0.1) is 12.4 Å². The molecule has 0 radical (unpaired) electrons. The van der Waals surface area contributed by atoms with Crippen LogP contribution in [0.1, 0.15) is 63.5 Å². The molecule has 3 nitrogen and oxygen atoms in total. The van der Waals surface area contributed by atoms with Gasteiger partial charge in [0.25, 0.3) is 0 Å². The van der Waals surface area contributed by atoms with Gasteiger partial charge < -0.3 is 11.1 Å². The molecule has 1 atom stereocenters.